The Morgan fingerprint density at radius 2 is 2.03 bits per heavy atom. The molecule has 0 radical (unpaired) electrons. The number of imide groups is 1. The number of hydrogen-bond donors (Lipinski definition) is 1. The number of nitrogens with one attached hydrogen (secondary N) is 1. The number of carbonyl (C=O) groups is 4. The van der Waals surface area contributed by atoms with Crippen LogP contribution in [-0.2, 0) is 22.6 Å². The van der Waals surface area contributed by atoms with Crippen LogP contribution < -0.4 is 5.32 Å². The number of fused-ring (bicyclic) bond motifs is 2. The molecular weight excluding hydrogens is 462 g/mol. The molecule has 1 N–H and O–H groups in total. The summed E-state index contributed by atoms with van der Waals surface area (Å²) in [7, 11) is 0. The first-order chi connectivity index (χ1) is 16.2. The van der Waals surface area contributed by atoms with Crippen molar-refractivity contribution in [3.63, 3.8) is 0 Å². The maximum absolute atomic E-state index is 12.6. The van der Waals surface area contributed by atoms with E-state index in [9.17, 15) is 29.3 Å². The van der Waals surface area contributed by atoms with E-state index < -0.39 is 28.3 Å². The minimum atomic E-state index is -0.782. The molecule has 0 bridgehead atoms. The van der Waals surface area contributed by atoms with Crippen LogP contribution >= 0.6 is 11.3 Å². The second-order valence-corrected chi connectivity index (χ2v) is 9.65. The number of hydrogen-bond acceptors (Lipinski definition) is 8. The third kappa shape index (κ3) is 4.53. The van der Waals surface area contributed by atoms with Crippen LogP contribution in [0.5, 0.6) is 0 Å². The predicted molar refractivity (Wildman–Crippen MR) is 122 cm³/mol. The van der Waals surface area contributed by atoms with Crippen LogP contribution in [-0.4, -0.2) is 56.4 Å². The topological polar surface area (TPSA) is 143 Å². The average molecular weight is 486 g/mol. The van der Waals surface area contributed by atoms with Crippen LogP contribution in [0.3, 0.4) is 0 Å². The number of aromatic nitrogens is 1. The summed E-state index contributed by atoms with van der Waals surface area (Å²) in [6, 6.07) is 3.88. The van der Waals surface area contributed by atoms with Crippen LogP contribution in [0, 0.1) is 16.0 Å². The van der Waals surface area contributed by atoms with Gasteiger partial charge in [-0.3, -0.25) is 34.2 Å². The fraction of sp³-hybridized carbons (Fsp3) is 0.409. The third-order valence-corrected chi connectivity index (χ3v) is 6.65. The molecular formula is C22H23N5O6S. The van der Waals surface area contributed by atoms with Crippen molar-refractivity contribution in [3.8, 4) is 0 Å². The summed E-state index contributed by atoms with van der Waals surface area (Å²) in [5.74, 6) is -1.51. The van der Waals surface area contributed by atoms with E-state index in [4.69, 9.17) is 0 Å². The van der Waals surface area contributed by atoms with Gasteiger partial charge in [0.2, 0.25) is 11.8 Å². The fourth-order valence-corrected chi connectivity index (χ4v) is 5.05. The summed E-state index contributed by atoms with van der Waals surface area (Å²) in [4.78, 5) is 68.5. The van der Waals surface area contributed by atoms with Gasteiger partial charge in [-0.2, -0.15) is 0 Å². The Morgan fingerprint density at radius 3 is 2.74 bits per heavy atom. The lowest BCUT2D eigenvalue weighted by Gasteiger charge is -2.26. The largest absolute Gasteiger partial charge is 0.337 e. The molecule has 0 atom stereocenters. The molecule has 0 saturated carbocycles. The summed E-state index contributed by atoms with van der Waals surface area (Å²) >= 11 is 1.30. The smallest absolute Gasteiger partial charge is 0.282 e. The minimum Gasteiger partial charge on any atom is -0.337 e. The molecule has 2 aliphatic rings. The van der Waals surface area contributed by atoms with Gasteiger partial charge in [-0.25, -0.2) is 4.98 Å². The zero-order valence-electron chi connectivity index (χ0n) is 18.7. The van der Waals surface area contributed by atoms with Gasteiger partial charge >= 0.3 is 0 Å². The number of amides is 4. The fourth-order valence-electron chi connectivity index (χ4n) is 4.01. The molecule has 178 valence electrons. The monoisotopic (exact) mass is 485 g/mol. The number of thiazole rings is 1. The van der Waals surface area contributed by atoms with Gasteiger partial charge in [-0.1, -0.05) is 31.3 Å². The lowest BCUT2D eigenvalue weighted by Crippen LogP contribution is -2.36. The van der Waals surface area contributed by atoms with E-state index in [2.05, 4.69) is 10.3 Å². The van der Waals surface area contributed by atoms with E-state index in [0.717, 1.165) is 15.5 Å². The van der Waals surface area contributed by atoms with E-state index in [0.29, 0.717) is 31.1 Å². The Balaban J connectivity index is 1.36. The first kappa shape index (κ1) is 23.5. The van der Waals surface area contributed by atoms with Crippen molar-refractivity contribution in [1.29, 1.82) is 0 Å². The predicted octanol–water partition coefficient (Wildman–Crippen LogP) is 2.61. The van der Waals surface area contributed by atoms with Gasteiger partial charge < -0.3 is 10.2 Å². The molecule has 12 heteroatoms. The van der Waals surface area contributed by atoms with Crippen LogP contribution in [0.2, 0.25) is 0 Å². The lowest BCUT2D eigenvalue weighted by atomic mass is 10.1. The normalized spacial score (nSPS) is 14.9. The maximum atomic E-state index is 12.6. The Morgan fingerprint density at radius 1 is 1.26 bits per heavy atom. The van der Waals surface area contributed by atoms with Crippen LogP contribution in [0.1, 0.15) is 58.0 Å². The van der Waals surface area contributed by atoms with Gasteiger partial charge in [-0.05, 0) is 12.0 Å². The highest BCUT2D eigenvalue weighted by Gasteiger charge is 2.40. The van der Waals surface area contributed by atoms with Gasteiger partial charge in [0.25, 0.3) is 17.5 Å². The molecule has 0 saturated heterocycles. The van der Waals surface area contributed by atoms with Crippen molar-refractivity contribution in [1.82, 2.24) is 14.8 Å². The zero-order valence-corrected chi connectivity index (χ0v) is 19.5. The molecule has 4 amide bonds. The number of anilines is 1. The van der Waals surface area contributed by atoms with Gasteiger partial charge in [-0.15, -0.1) is 0 Å². The third-order valence-electron chi connectivity index (χ3n) is 5.65. The Bertz CT molecular complexity index is 1210. The molecule has 34 heavy (non-hydrogen) atoms. The standard InChI is InChI=1S/C22H23N5O6S/c1-12(2)10-18(29)25-8-6-14-16(11-25)34-22(23-14)24-17(28)7-9-26-20(30)13-4-3-5-15(27(32)33)19(13)21(26)31/h3-5,12H,6-11H2,1-2H3,(H,23,24,28). The van der Waals surface area contributed by atoms with Crippen LogP contribution in [0.25, 0.3) is 0 Å². The molecule has 11 nitrogen and oxygen atoms in total. The van der Waals surface area contributed by atoms with Crippen molar-refractivity contribution in [2.45, 2.75) is 39.7 Å². The number of benzene rings is 1. The maximum Gasteiger partial charge on any atom is 0.282 e. The Labute approximate surface area is 198 Å². The van der Waals surface area contributed by atoms with E-state index in [1.807, 2.05) is 13.8 Å². The molecule has 1 aromatic heterocycles. The Kier molecular flexibility index (Phi) is 6.42. The van der Waals surface area contributed by atoms with Gasteiger partial charge in [0.05, 0.1) is 22.7 Å². The van der Waals surface area contributed by atoms with Crippen molar-refractivity contribution >= 4 is 45.8 Å². The molecule has 4 rings (SSSR count). The average Bonchev–Trinajstić information content (AvgIpc) is 3.29. The second kappa shape index (κ2) is 9.29. The van der Waals surface area contributed by atoms with Gasteiger partial charge in [0, 0.05) is 43.3 Å². The van der Waals surface area contributed by atoms with Gasteiger partial charge in [0.15, 0.2) is 5.13 Å². The SMILES string of the molecule is CC(C)CC(=O)N1CCc2nc(NC(=O)CCN3C(=O)c4cccc([N+](=O)[O-])c4C3=O)sc2C1. The summed E-state index contributed by atoms with van der Waals surface area (Å²) in [6.45, 7) is 4.83. The summed E-state index contributed by atoms with van der Waals surface area (Å²) in [6.07, 6.45) is 0.917. The molecule has 0 unspecified atom stereocenters. The van der Waals surface area contributed by atoms with Crippen molar-refractivity contribution < 1.29 is 24.1 Å². The molecule has 3 heterocycles. The van der Waals surface area contributed by atoms with E-state index >= 15 is 0 Å². The molecule has 0 spiro atoms. The first-order valence-electron chi connectivity index (χ1n) is 10.9. The van der Waals surface area contributed by atoms with Crippen molar-refractivity contribution in [3.05, 3.63) is 50.0 Å². The lowest BCUT2D eigenvalue weighted by molar-refractivity contribution is -0.385. The highest BCUT2D eigenvalue weighted by atomic mass is 32.1. The number of nitro benzene ring substituents is 1. The van der Waals surface area contributed by atoms with Gasteiger partial charge in [0.1, 0.15) is 5.56 Å². The highest BCUT2D eigenvalue weighted by Crippen LogP contribution is 2.31. The minimum absolute atomic E-state index is 0.0382. The summed E-state index contributed by atoms with van der Waals surface area (Å²) < 4.78 is 0. The highest BCUT2D eigenvalue weighted by molar-refractivity contribution is 7.15. The summed E-state index contributed by atoms with van der Waals surface area (Å²) in [5, 5.41) is 14.3. The van der Waals surface area contributed by atoms with Crippen molar-refractivity contribution in [2.24, 2.45) is 5.92 Å². The Hall–Kier alpha value is -3.67. The summed E-state index contributed by atoms with van der Waals surface area (Å²) in [5.41, 5.74) is 0.129. The first-order valence-corrected chi connectivity index (χ1v) is 11.7. The number of nitro groups is 1. The molecule has 0 fully saturated rings. The van der Waals surface area contributed by atoms with Crippen LogP contribution in [0.15, 0.2) is 18.2 Å². The number of carbonyl (C=O) groups excluding carboxylic acids is 4. The molecule has 1 aromatic carbocycles. The van der Waals surface area contributed by atoms with E-state index in [1.54, 1.807) is 4.90 Å². The number of rotatable bonds is 7. The van der Waals surface area contributed by atoms with Crippen molar-refractivity contribution in [2.75, 3.05) is 18.4 Å². The second-order valence-electron chi connectivity index (χ2n) is 8.57. The molecule has 2 aromatic rings. The van der Waals surface area contributed by atoms with Crippen LogP contribution in [0.4, 0.5) is 10.8 Å². The number of nitrogens with zero attached hydrogens (tertiary/aromatic N) is 4. The zero-order chi connectivity index (χ0) is 24.6. The quantitative estimate of drug-likeness (QED) is 0.361. The van der Waals surface area contributed by atoms with E-state index in [-0.39, 0.29) is 35.9 Å². The molecule has 0 aliphatic carbocycles. The molecule has 2 aliphatic heterocycles. The van der Waals surface area contributed by atoms with E-state index in [1.165, 1.54) is 29.5 Å².